The van der Waals surface area contributed by atoms with Crippen molar-refractivity contribution < 1.29 is 0 Å². The van der Waals surface area contributed by atoms with E-state index in [1.807, 2.05) is 12.1 Å². The molecule has 0 spiro atoms. The molecule has 0 aliphatic carbocycles. The number of hydrogen-bond donors (Lipinski definition) is 3. The fraction of sp³-hybridized carbons (Fsp3) is 0.357. The number of hydrogen-bond acceptors (Lipinski definition) is 5. The van der Waals surface area contributed by atoms with Crippen LogP contribution in [0, 0.1) is 0 Å². The molecular weight excluding hydrogens is 238 g/mol. The van der Waals surface area contributed by atoms with Crippen molar-refractivity contribution in [3.63, 3.8) is 0 Å². The van der Waals surface area contributed by atoms with Crippen molar-refractivity contribution in [2.75, 3.05) is 18.0 Å². The summed E-state index contributed by atoms with van der Waals surface area (Å²) < 4.78 is 0. The summed E-state index contributed by atoms with van der Waals surface area (Å²) in [5.74, 6) is -0.547. The number of nitrogens with one attached hydrogen (secondary N) is 1. The molecule has 0 radical (unpaired) electrons. The van der Waals surface area contributed by atoms with E-state index in [0.29, 0.717) is 5.84 Å². The van der Waals surface area contributed by atoms with E-state index in [1.165, 1.54) is 5.69 Å². The lowest BCUT2D eigenvalue weighted by molar-refractivity contribution is 0.410. The zero-order valence-corrected chi connectivity index (χ0v) is 11.4. The van der Waals surface area contributed by atoms with Crippen LogP contribution in [0.2, 0.25) is 0 Å². The lowest BCUT2D eigenvalue weighted by Crippen LogP contribution is -2.49. The highest BCUT2D eigenvalue weighted by atomic mass is 15.3. The minimum Gasteiger partial charge on any atom is -0.384 e. The Morgan fingerprint density at radius 1 is 1.21 bits per heavy atom. The number of anilines is 1. The first-order valence-corrected chi connectivity index (χ1v) is 6.53. The van der Waals surface area contributed by atoms with Crippen molar-refractivity contribution in [2.45, 2.75) is 19.6 Å². The van der Waals surface area contributed by atoms with E-state index in [0.717, 1.165) is 18.7 Å². The van der Waals surface area contributed by atoms with Crippen LogP contribution in [0.5, 0.6) is 0 Å². The van der Waals surface area contributed by atoms with Crippen LogP contribution >= 0.6 is 0 Å². The van der Waals surface area contributed by atoms with Crippen LogP contribution in [0.15, 0.2) is 41.5 Å². The number of benzene rings is 1. The third-order valence-electron chi connectivity index (χ3n) is 3.30. The standard InChI is InChI=1S/C14H21N5/c1-3-19(4-2)12-7-5-11(6-8-12)14(16)17-10-9-13(15)18-14/h5-10,17H,3-4,16H2,1-2H3,(H2,15,18). The highest BCUT2D eigenvalue weighted by Crippen LogP contribution is 2.22. The number of rotatable bonds is 4. The van der Waals surface area contributed by atoms with Crippen molar-refractivity contribution in [2.24, 2.45) is 16.5 Å². The van der Waals surface area contributed by atoms with E-state index in [4.69, 9.17) is 11.5 Å². The SMILES string of the molecule is CCN(CC)c1ccc(C2(N)N=C(N)C=CN2)cc1. The zero-order chi connectivity index (χ0) is 13.9. The van der Waals surface area contributed by atoms with Crippen LogP contribution in [-0.2, 0) is 5.79 Å². The maximum atomic E-state index is 6.22. The normalized spacial score (nSPS) is 21.7. The van der Waals surface area contributed by atoms with Gasteiger partial charge in [-0.2, -0.15) is 0 Å². The Bertz CT molecular complexity index is 487. The second kappa shape index (κ2) is 5.32. The third kappa shape index (κ3) is 2.71. The van der Waals surface area contributed by atoms with Gasteiger partial charge >= 0.3 is 0 Å². The predicted molar refractivity (Wildman–Crippen MR) is 79.8 cm³/mol. The van der Waals surface area contributed by atoms with Gasteiger partial charge in [0.15, 0.2) is 0 Å². The summed E-state index contributed by atoms with van der Waals surface area (Å²) in [5, 5.41) is 3.03. The molecule has 0 saturated carbocycles. The lowest BCUT2D eigenvalue weighted by atomic mass is 10.1. The molecule has 1 heterocycles. The summed E-state index contributed by atoms with van der Waals surface area (Å²) >= 11 is 0. The van der Waals surface area contributed by atoms with Gasteiger partial charge in [0.2, 0.25) is 5.79 Å². The lowest BCUT2D eigenvalue weighted by Gasteiger charge is -2.29. The van der Waals surface area contributed by atoms with E-state index in [9.17, 15) is 0 Å². The Balaban J connectivity index is 2.26. The molecule has 19 heavy (non-hydrogen) atoms. The fourth-order valence-electron chi connectivity index (χ4n) is 2.19. The minimum atomic E-state index is -0.972. The highest BCUT2D eigenvalue weighted by Gasteiger charge is 2.27. The molecule has 1 unspecified atom stereocenters. The van der Waals surface area contributed by atoms with E-state index in [1.54, 1.807) is 12.3 Å². The molecule has 1 aliphatic heterocycles. The van der Waals surface area contributed by atoms with Gasteiger partial charge in [-0.1, -0.05) is 12.1 Å². The van der Waals surface area contributed by atoms with Crippen molar-refractivity contribution >= 4 is 11.5 Å². The van der Waals surface area contributed by atoms with E-state index >= 15 is 0 Å². The Labute approximate surface area is 114 Å². The molecule has 1 aliphatic rings. The van der Waals surface area contributed by atoms with Gasteiger partial charge in [0, 0.05) is 30.5 Å². The number of amidine groups is 1. The van der Waals surface area contributed by atoms with Gasteiger partial charge < -0.3 is 16.0 Å². The van der Waals surface area contributed by atoms with Crippen LogP contribution in [0.1, 0.15) is 19.4 Å². The Hall–Kier alpha value is -2.01. The Morgan fingerprint density at radius 3 is 2.37 bits per heavy atom. The van der Waals surface area contributed by atoms with Crippen LogP contribution < -0.4 is 21.7 Å². The first-order chi connectivity index (χ1) is 9.09. The quantitative estimate of drug-likeness (QED) is 0.756. The Morgan fingerprint density at radius 2 is 1.84 bits per heavy atom. The van der Waals surface area contributed by atoms with Crippen LogP contribution in [0.3, 0.4) is 0 Å². The molecule has 2 rings (SSSR count). The summed E-state index contributed by atoms with van der Waals surface area (Å²) in [6, 6.07) is 8.08. The van der Waals surface area contributed by atoms with Gasteiger partial charge in [-0.15, -0.1) is 0 Å². The molecule has 1 aromatic carbocycles. The summed E-state index contributed by atoms with van der Waals surface area (Å²) in [6.07, 6.45) is 3.41. The third-order valence-corrected chi connectivity index (χ3v) is 3.30. The van der Waals surface area contributed by atoms with Crippen LogP contribution in [0.4, 0.5) is 5.69 Å². The van der Waals surface area contributed by atoms with E-state index in [-0.39, 0.29) is 0 Å². The number of nitrogens with two attached hydrogens (primary N) is 2. The second-order valence-corrected chi connectivity index (χ2v) is 4.50. The molecule has 0 amide bonds. The molecule has 102 valence electrons. The van der Waals surface area contributed by atoms with Gasteiger partial charge in [-0.05, 0) is 32.1 Å². The fourth-order valence-corrected chi connectivity index (χ4v) is 2.19. The molecule has 0 saturated heterocycles. The first-order valence-electron chi connectivity index (χ1n) is 6.53. The molecule has 0 fully saturated rings. The largest absolute Gasteiger partial charge is 0.384 e. The smallest absolute Gasteiger partial charge is 0.211 e. The minimum absolute atomic E-state index is 0.425. The molecule has 1 atom stereocenters. The van der Waals surface area contributed by atoms with Crippen molar-refractivity contribution in [1.82, 2.24) is 5.32 Å². The topological polar surface area (TPSA) is 79.7 Å². The van der Waals surface area contributed by atoms with Gasteiger partial charge in [0.25, 0.3) is 0 Å². The average Bonchev–Trinajstić information content (AvgIpc) is 2.40. The monoisotopic (exact) mass is 259 g/mol. The van der Waals surface area contributed by atoms with E-state index in [2.05, 4.69) is 41.2 Å². The maximum absolute atomic E-state index is 6.22. The number of aliphatic imine (C=N–C) groups is 1. The van der Waals surface area contributed by atoms with Crippen molar-refractivity contribution in [3.8, 4) is 0 Å². The second-order valence-electron chi connectivity index (χ2n) is 4.50. The summed E-state index contributed by atoms with van der Waals surface area (Å²) in [5.41, 5.74) is 14.0. The molecule has 1 aromatic rings. The molecule has 5 N–H and O–H groups in total. The van der Waals surface area contributed by atoms with Gasteiger partial charge in [-0.25, -0.2) is 4.99 Å². The molecule has 5 heteroatoms. The maximum Gasteiger partial charge on any atom is 0.211 e. The summed E-state index contributed by atoms with van der Waals surface area (Å²) in [4.78, 5) is 6.54. The molecular formula is C14H21N5. The molecule has 5 nitrogen and oxygen atoms in total. The Kier molecular flexibility index (Phi) is 3.76. The highest BCUT2D eigenvalue weighted by molar-refractivity contribution is 5.92. The summed E-state index contributed by atoms with van der Waals surface area (Å²) in [6.45, 7) is 6.24. The van der Waals surface area contributed by atoms with E-state index < -0.39 is 5.79 Å². The van der Waals surface area contributed by atoms with Gasteiger partial charge in [-0.3, -0.25) is 5.73 Å². The summed E-state index contributed by atoms with van der Waals surface area (Å²) in [7, 11) is 0. The van der Waals surface area contributed by atoms with Crippen molar-refractivity contribution in [1.29, 1.82) is 0 Å². The molecule has 0 bridgehead atoms. The molecule has 0 aromatic heterocycles. The number of nitrogens with zero attached hydrogens (tertiary/aromatic N) is 2. The van der Waals surface area contributed by atoms with Gasteiger partial charge in [0.1, 0.15) is 5.84 Å². The zero-order valence-electron chi connectivity index (χ0n) is 11.4. The first kappa shape index (κ1) is 13.4. The van der Waals surface area contributed by atoms with Crippen molar-refractivity contribution in [3.05, 3.63) is 42.1 Å². The predicted octanol–water partition coefficient (Wildman–Crippen LogP) is 1.08. The van der Waals surface area contributed by atoms with Gasteiger partial charge in [0.05, 0.1) is 0 Å². The van der Waals surface area contributed by atoms with Crippen LogP contribution in [0.25, 0.3) is 0 Å². The van der Waals surface area contributed by atoms with Crippen LogP contribution in [-0.4, -0.2) is 18.9 Å². The average molecular weight is 259 g/mol.